The first-order valence-electron chi connectivity index (χ1n) is 8.11. The second-order valence-corrected chi connectivity index (χ2v) is 5.48. The molecule has 0 atom stereocenters. The summed E-state index contributed by atoms with van der Waals surface area (Å²) in [5.41, 5.74) is 1.36. The highest BCUT2D eigenvalue weighted by molar-refractivity contribution is 6.05. The number of hydrogen-bond acceptors (Lipinski definition) is 3. The Morgan fingerprint density at radius 3 is 2.78 bits per heavy atom. The van der Waals surface area contributed by atoms with Crippen LogP contribution in [0.1, 0.15) is 38.2 Å². The normalized spacial score (nSPS) is 14.7. The fourth-order valence-electron chi connectivity index (χ4n) is 2.38. The van der Waals surface area contributed by atoms with E-state index in [-0.39, 0.29) is 12.4 Å². The number of benzene rings is 1. The van der Waals surface area contributed by atoms with Crippen LogP contribution in [0.3, 0.4) is 0 Å². The van der Waals surface area contributed by atoms with Crippen LogP contribution in [-0.2, 0) is 16.1 Å². The van der Waals surface area contributed by atoms with Crippen LogP contribution in [0.5, 0.6) is 0 Å². The summed E-state index contributed by atoms with van der Waals surface area (Å²) in [5, 5.41) is 0. The molecule has 4 heteroatoms. The number of carbonyl (C=O) groups is 2. The number of amides is 1. The van der Waals surface area contributed by atoms with Gasteiger partial charge in [-0.2, -0.15) is 0 Å². The number of allylic oxidation sites excluding steroid dienone is 3. The monoisotopic (exact) mass is 313 g/mol. The van der Waals surface area contributed by atoms with E-state index in [0.29, 0.717) is 12.2 Å². The highest BCUT2D eigenvalue weighted by Gasteiger charge is 2.25. The molecule has 1 aromatic carbocycles. The molecule has 0 fully saturated rings. The minimum absolute atomic E-state index is 0.130. The van der Waals surface area contributed by atoms with Crippen molar-refractivity contribution in [2.24, 2.45) is 0 Å². The standard InChI is InChI=1S/C19H23NO3/c1-2-3-5-13-18(21)17-12-8-9-14-20(17)19(22)23-15-16-10-6-4-7-11-16/h4-7,10-13H,2-3,8-9,14-15H2,1H3/b13-5+. The van der Waals surface area contributed by atoms with Gasteiger partial charge in [-0.1, -0.05) is 55.8 Å². The molecule has 0 saturated carbocycles. The molecular weight excluding hydrogens is 290 g/mol. The first-order chi connectivity index (χ1) is 11.2. The van der Waals surface area contributed by atoms with Crippen molar-refractivity contribution >= 4 is 11.9 Å². The maximum atomic E-state index is 12.3. The van der Waals surface area contributed by atoms with Crippen LogP contribution in [0.15, 0.2) is 54.3 Å². The second kappa shape index (κ2) is 8.93. The van der Waals surface area contributed by atoms with Crippen LogP contribution in [0, 0.1) is 0 Å². The van der Waals surface area contributed by atoms with Crippen molar-refractivity contribution in [3.63, 3.8) is 0 Å². The van der Waals surface area contributed by atoms with Gasteiger partial charge in [0.15, 0.2) is 0 Å². The fourth-order valence-corrected chi connectivity index (χ4v) is 2.38. The second-order valence-electron chi connectivity index (χ2n) is 5.48. The molecule has 0 unspecified atom stereocenters. The Morgan fingerprint density at radius 1 is 1.26 bits per heavy atom. The van der Waals surface area contributed by atoms with E-state index >= 15 is 0 Å². The lowest BCUT2D eigenvalue weighted by Gasteiger charge is -2.26. The Hall–Kier alpha value is -2.36. The molecule has 0 N–H and O–H groups in total. The van der Waals surface area contributed by atoms with E-state index in [1.54, 1.807) is 6.08 Å². The molecule has 0 aromatic heterocycles. The predicted molar refractivity (Wildman–Crippen MR) is 89.7 cm³/mol. The molecule has 1 aromatic rings. The zero-order valence-electron chi connectivity index (χ0n) is 13.5. The van der Waals surface area contributed by atoms with E-state index in [4.69, 9.17) is 4.74 Å². The molecule has 1 aliphatic heterocycles. The van der Waals surface area contributed by atoms with E-state index in [1.807, 2.05) is 42.5 Å². The highest BCUT2D eigenvalue weighted by Crippen LogP contribution is 2.18. The Bertz CT molecular complexity index is 590. The van der Waals surface area contributed by atoms with Crippen molar-refractivity contribution in [1.29, 1.82) is 0 Å². The van der Waals surface area contributed by atoms with Gasteiger partial charge in [-0.3, -0.25) is 9.69 Å². The van der Waals surface area contributed by atoms with Gasteiger partial charge in [0.1, 0.15) is 6.61 Å². The largest absolute Gasteiger partial charge is 0.444 e. The van der Waals surface area contributed by atoms with Crippen molar-refractivity contribution in [2.75, 3.05) is 6.54 Å². The summed E-state index contributed by atoms with van der Waals surface area (Å²) in [7, 11) is 0. The van der Waals surface area contributed by atoms with Crippen molar-refractivity contribution in [3.8, 4) is 0 Å². The van der Waals surface area contributed by atoms with Gasteiger partial charge in [-0.15, -0.1) is 0 Å². The average molecular weight is 313 g/mol. The summed E-state index contributed by atoms with van der Waals surface area (Å²) in [4.78, 5) is 26.0. The topological polar surface area (TPSA) is 46.6 Å². The molecule has 0 spiro atoms. The van der Waals surface area contributed by atoms with Crippen molar-refractivity contribution < 1.29 is 14.3 Å². The maximum Gasteiger partial charge on any atom is 0.414 e. The number of ether oxygens (including phenoxy) is 1. The Labute approximate surface area is 137 Å². The number of unbranched alkanes of at least 4 members (excludes halogenated alkanes) is 1. The van der Waals surface area contributed by atoms with Gasteiger partial charge < -0.3 is 4.74 Å². The van der Waals surface area contributed by atoms with E-state index in [9.17, 15) is 9.59 Å². The van der Waals surface area contributed by atoms with Gasteiger partial charge in [-0.25, -0.2) is 4.79 Å². The van der Waals surface area contributed by atoms with E-state index in [2.05, 4.69) is 6.92 Å². The molecule has 0 saturated heterocycles. The fraction of sp³-hybridized carbons (Fsp3) is 0.368. The third kappa shape index (κ3) is 5.09. The molecule has 4 nitrogen and oxygen atoms in total. The van der Waals surface area contributed by atoms with Crippen LogP contribution < -0.4 is 0 Å². The molecule has 0 aliphatic carbocycles. The summed E-state index contributed by atoms with van der Waals surface area (Å²) in [6, 6.07) is 9.52. The Balaban J connectivity index is 1.98. The van der Waals surface area contributed by atoms with Crippen molar-refractivity contribution in [2.45, 2.75) is 39.2 Å². The summed E-state index contributed by atoms with van der Waals surface area (Å²) in [5.74, 6) is -0.130. The molecular formula is C19H23NO3. The molecule has 1 amide bonds. The number of ketones is 1. The first kappa shape index (κ1) is 17.0. The van der Waals surface area contributed by atoms with E-state index in [0.717, 1.165) is 31.2 Å². The number of carbonyl (C=O) groups excluding carboxylic acids is 2. The molecule has 122 valence electrons. The average Bonchev–Trinajstić information content (AvgIpc) is 2.60. The van der Waals surface area contributed by atoms with Crippen LogP contribution in [0.25, 0.3) is 0 Å². The quantitative estimate of drug-likeness (QED) is 0.738. The molecule has 1 aliphatic rings. The zero-order valence-corrected chi connectivity index (χ0v) is 13.5. The summed E-state index contributed by atoms with van der Waals surface area (Å²) >= 11 is 0. The summed E-state index contributed by atoms with van der Waals surface area (Å²) in [6.45, 7) is 2.79. The van der Waals surface area contributed by atoms with Crippen molar-refractivity contribution in [1.82, 2.24) is 4.90 Å². The predicted octanol–water partition coefficient (Wildman–Crippen LogP) is 4.23. The molecule has 2 rings (SSSR count). The van der Waals surface area contributed by atoms with Crippen LogP contribution >= 0.6 is 0 Å². The maximum absolute atomic E-state index is 12.3. The number of nitrogens with zero attached hydrogens (tertiary/aromatic N) is 1. The number of hydrogen-bond donors (Lipinski definition) is 0. The SMILES string of the molecule is CCC/C=C/C(=O)C1=CCCCN1C(=O)OCc1ccccc1. The Kier molecular flexibility index (Phi) is 6.60. The van der Waals surface area contributed by atoms with Gasteiger partial charge in [0.25, 0.3) is 0 Å². The lowest BCUT2D eigenvalue weighted by atomic mass is 10.1. The lowest BCUT2D eigenvalue weighted by molar-refractivity contribution is -0.112. The minimum Gasteiger partial charge on any atom is -0.444 e. The molecule has 0 radical (unpaired) electrons. The molecule has 23 heavy (non-hydrogen) atoms. The molecule has 0 bridgehead atoms. The zero-order chi connectivity index (χ0) is 16.5. The minimum atomic E-state index is -0.461. The third-order valence-electron chi connectivity index (χ3n) is 3.62. The number of rotatable bonds is 6. The van der Waals surface area contributed by atoms with Gasteiger partial charge >= 0.3 is 6.09 Å². The first-order valence-corrected chi connectivity index (χ1v) is 8.11. The van der Waals surface area contributed by atoms with Gasteiger partial charge in [0, 0.05) is 6.54 Å². The Morgan fingerprint density at radius 2 is 2.04 bits per heavy atom. The van der Waals surface area contributed by atoms with Crippen LogP contribution in [0.2, 0.25) is 0 Å². The third-order valence-corrected chi connectivity index (χ3v) is 3.62. The summed E-state index contributed by atoms with van der Waals surface area (Å²) in [6.07, 6.45) is 8.27. The summed E-state index contributed by atoms with van der Waals surface area (Å²) < 4.78 is 5.34. The molecule has 1 heterocycles. The van der Waals surface area contributed by atoms with E-state index in [1.165, 1.54) is 4.90 Å². The van der Waals surface area contributed by atoms with Gasteiger partial charge in [-0.05, 0) is 30.9 Å². The smallest absolute Gasteiger partial charge is 0.414 e. The lowest BCUT2D eigenvalue weighted by Crippen LogP contribution is -2.36. The van der Waals surface area contributed by atoms with E-state index < -0.39 is 6.09 Å². The van der Waals surface area contributed by atoms with Gasteiger partial charge in [0.05, 0.1) is 5.70 Å². The van der Waals surface area contributed by atoms with Crippen LogP contribution in [-0.4, -0.2) is 23.3 Å². The van der Waals surface area contributed by atoms with Gasteiger partial charge in [0.2, 0.25) is 5.78 Å². The van der Waals surface area contributed by atoms with Crippen molar-refractivity contribution in [3.05, 3.63) is 59.8 Å². The van der Waals surface area contributed by atoms with Crippen LogP contribution in [0.4, 0.5) is 4.79 Å². The highest BCUT2D eigenvalue weighted by atomic mass is 16.6.